The second-order valence-electron chi connectivity index (χ2n) is 8.53. The van der Waals surface area contributed by atoms with Crippen molar-refractivity contribution in [1.29, 1.82) is 0 Å². The van der Waals surface area contributed by atoms with Gasteiger partial charge >= 0.3 is 0 Å². The molecular weight excluding hydrogens is 408 g/mol. The van der Waals surface area contributed by atoms with E-state index < -0.39 is 0 Å². The van der Waals surface area contributed by atoms with Gasteiger partial charge < -0.3 is 9.80 Å². The molecule has 0 saturated carbocycles. The predicted molar refractivity (Wildman–Crippen MR) is 127 cm³/mol. The van der Waals surface area contributed by atoms with Gasteiger partial charge in [0.2, 0.25) is 0 Å². The first-order valence-electron chi connectivity index (χ1n) is 11.5. The number of rotatable bonds is 6. The van der Waals surface area contributed by atoms with Gasteiger partial charge in [0.1, 0.15) is 0 Å². The largest absolute Gasteiger partial charge is 0.369 e. The fourth-order valence-corrected chi connectivity index (χ4v) is 5.77. The number of amides is 1. The topological polar surface area (TPSA) is 59.0 Å². The number of likely N-dealkylation sites (N-methyl/N-ethyl adjacent to an activating group) is 1. The third kappa shape index (κ3) is 5.71. The number of hydroxylamine groups is 1. The molecule has 31 heavy (non-hydrogen) atoms. The summed E-state index contributed by atoms with van der Waals surface area (Å²) >= 11 is 1.88. The summed E-state index contributed by atoms with van der Waals surface area (Å²) < 4.78 is 2.32. The maximum Gasteiger partial charge on any atom is 0.270 e. The lowest BCUT2D eigenvalue weighted by Gasteiger charge is -2.35. The van der Waals surface area contributed by atoms with Gasteiger partial charge in [-0.25, -0.2) is 9.79 Å². The monoisotopic (exact) mass is 442 g/mol. The highest BCUT2D eigenvalue weighted by atomic mass is 32.2. The molecule has 1 fully saturated rings. The number of piperazine rings is 1. The van der Waals surface area contributed by atoms with Crippen LogP contribution in [-0.2, 0) is 4.79 Å². The number of allylic oxidation sites excluding steroid dienone is 1. The maximum atomic E-state index is 11.5. The SMILES string of the molecule is CCN1CCN(c2ccc(C3C=CC(SN4CC=C(C(=O)NO)CC4)CC3)cc2)CC1. The molecule has 7 heteroatoms. The molecule has 0 bridgehead atoms. The highest BCUT2D eigenvalue weighted by molar-refractivity contribution is 7.97. The van der Waals surface area contributed by atoms with Gasteiger partial charge in [0.05, 0.1) is 0 Å². The number of anilines is 1. The summed E-state index contributed by atoms with van der Waals surface area (Å²) in [5.74, 6) is 0.128. The average molecular weight is 443 g/mol. The van der Waals surface area contributed by atoms with E-state index in [0.717, 1.165) is 52.2 Å². The van der Waals surface area contributed by atoms with Crippen molar-refractivity contribution < 1.29 is 10.0 Å². The Kier molecular flexibility index (Phi) is 7.72. The Morgan fingerprint density at radius 3 is 2.45 bits per heavy atom. The molecule has 2 heterocycles. The molecule has 1 saturated heterocycles. The van der Waals surface area contributed by atoms with Gasteiger partial charge in [-0.3, -0.25) is 10.0 Å². The molecule has 2 unspecified atom stereocenters. The number of hydrogen-bond donors (Lipinski definition) is 2. The Hall–Kier alpha value is -1.80. The molecule has 3 aliphatic rings. The molecule has 1 aromatic rings. The first-order valence-corrected chi connectivity index (χ1v) is 12.3. The van der Waals surface area contributed by atoms with Crippen molar-refractivity contribution >= 4 is 23.5 Å². The van der Waals surface area contributed by atoms with Crippen LogP contribution >= 0.6 is 11.9 Å². The van der Waals surface area contributed by atoms with E-state index in [4.69, 9.17) is 5.21 Å². The molecule has 0 spiro atoms. The van der Waals surface area contributed by atoms with Gasteiger partial charge in [-0.2, -0.15) is 0 Å². The molecule has 2 N–H and O–H groups in total. The highest BCUT2D eigenvalue weighted by Crippen LogP contribution is 2.35. The van der Waals surface area contributed by atoms with Crippen LogP contribution in [0.4, 0.5) is 5.69 Å². The third-order valence-electron chi connectivity index (χ3n) is 6.68. The molecule has 1 aromatic carbocycles. The van der Waals surface area contributed by atoms with E-state index in [2.05, 4.69) is 57.4 Å². The van der Waals surface area contributed by atoms with Crippen molar-refractivity contribution in [3.8, 4) is 0 Å². The van der Waals surface area contributed by atoms with Crippen molar-refractivity contribution in [1.82, 2.24) is 14.7 Å². The average Bonchev–Trinajstić information content (AvgIpc) is 2.85. The lowest BCUT2D eigenvalue weighted by molar-refractivity contribution is -0.125. The van der Waals surface area contributed by atoms with Crippen LogP contribution in [0.5, 0.6) is 0 Å². The Labute approximate surface area is 190 Å². The summed E-state index contributed by atoms with van der Waals surface area (Å²) in [7, 11) is 0. The van der Waals surface area contributed by atoms with Crippen LogP contribution in [0.3, 0.4) is 0 Å². The number of nitrogens with one attached hydrogen (secondary N) is 1. The van der Waals surface area contributed by atoms with E-state index >= 15 is 0 Å². The first kappa shape index (κ1) is 22.4. The zero-order valence-corrected chi connectivity index (χ0v) is 19.2. The van der Waals surface area contributed by atoms with Crippen LogP contribution in [0.15, 0.2) is 48.1 Å². The van der Waals surface area contributed by atoms with E-state index in [1.165, 1.54) is 17.7 Å². The quantitative estimate of drug-likeness (QED) is 0.305. The van der Waals surface area contributed by atoms with E-state index in [1.54, 1.807) is 5.48 Å². The zero-order valence-electron chi connectivity index (χ0n) is 18.4. The fourth-order valence-electron chi connectivity index (χ4n) is 4.63. The van der Waals surface area contributed by atoms with Crippen molar-refractivity contribution in [2.24, 2.45) is 0 Å². The Balaban J connectivity index is 1.27. The van der Waals surface area contributed by atoms with Crippen LogP contribution in [0.1, 0.15) is 37.7 Å². The number of nitrogens with zero attached hydrogens (tertiary/aromatic N) is 3. The van der Waals surface area contributed by atoms with Crippen LogP contribution in [-0.4, -0.2) is 71.4 Å². The van der Waals surface area contributed by atoms with Crippen molar-refractivity contribution in [2.75, 3.05) is 50.7 Å². The van der Waals surface area contributed by atoms with Gasteiger partial charge in [-0.1, -0.05) is 49.2 Å². The molecular formula is C24H34N4O2S. The summed E-state index contributed by atoms with van der Waals surface area (Å²) in [6, 6.07) is 9.22. The number of carbonyl (C=O) groups excluding carboxylic acids is 1. The standard InChI is InChI=1S/C24H34N4O2S/c1-2-26-15-17-27(18-16-26)22-7-3-19(4-8-22)20-5-9-23(10-6-20)31-28-13-11-21(12-14-28)24(29)25-30/h3-5,7-9,11,20,23,30H,2,6,10,12-18H2,1H3,(H,25,29). The molecule has 2 atom stereocenters. The van der Waals surface area contributed by atoms with E-state index in [0.29, 0.717) is 23.2 Å². The predicted octanol–water partition coefficient (Wildman–Crippen LogP) is 3.42. The summed E-state index contributed by atoms with van der Waals surface area (Å²) in [5, 5.41) is 9.25. The molecule has 1 aliphatic carbocycles. The van der Waals surface area contributed by atoms with Crippen LogP contribution in [0, 0.1) is 0 Å². The molecule has 0 radical (unpaired) electrons. The third-order valence-corrected chi connectivity index (χ3v) is 7.97. The van der Waals surface area contributed by atoms with Gasteiger partial charge in [0.15, 0.2) is 0 Å². The number of hydrogen-bond acceptors (Lipinski definition) is 6. The zero-order chi connectivity index (χ0) is 21.6. The minimum absolute atomic E-state index is 0.376. The Morgan fingerprint density at radius 2 is 1.87 bits per heavy atom. The number of benzene rings is 1. The van der Waals surface area contributed by atoms with Gasteiger partial charge in [0.25, 0.3) is 5.91 Å². The number of carbonyl (C=O) groups is 1. The molecule has 6 nitrogen and oxygen atoms in total. The summed E-state index contributed by atoms with van der Waals surface area (Å²) in [6.45, 7) is 9.53. The van der Waals surface area contributed by atoms with Crippen molar-refractivity contribution in [2.45, 2.75) is 37.4 Å². The van der Waals surface area contributed by atoms with E-state index in [-0.39, 0.29) is 5.91 Å². The molecule has 4 rings (SSSR count). The van der Waals surface area contributed by atoms with Crippen LogP contribution in [0.2, 0.25) is 0 Å². The molecule has 168 valence electrons. The molecule has 0 aromatic heterocycles. The van der Waals surface area contributed by atoms with E-state index in [9.17, 15) is 4.79 Å². The second kappa shape index (κ2) is 10.7. The summed E-state index contributed by atoms with van der Waals surface area (Å²) in [5.41, 5.74) is 5.16. The summed E-state index contributed by atoms with van der Waals surface area (Å²) in [4.78, 5) is 16.5. The lowest BCUT2D eigenvalue weighted by atomic mass is 9.89. The van der Waals surface area contributed by atoms with Crippen LogP contribution < -0.4 is 10.4 Å². The Bertz CT molecular complexity index is 802. The van der Waals surface area contributed by atoms with Crippen LogP contribution in [0.25, 0.3) is 0 Å². The maximum absolute atomic E-state index is 11.5. The molecule has 2 aliphatic heterocycles. The van der Waals surface area contributed by atoms with Gasteiger partial charge in [-0.15, -0.1) is 0 Å². The first-order chi connectivity index (χ1) is 15.2. The summed E-state index contributed by atoms with van der Waals surface area (Å²) in [6.07, 6.45) is 9.66. The lowest BCUT2D eigenvalue weighted by Crippen LogP contribution is -2.46. The fraction of sp³-hybridized carbons (Fsp3) is 0.542. The highest BCUT2D eigenvalue weighted by Gasteiger charge is 2.23. The second-order valence-corrected chi connectivity index (χ2v) is 9.87. The van der Waals surface area contributed by atoms with Gasteiger partial charge in [-0.05, 0) is 43.5 Å². The normalized spacial score (nSPS) is 25.4. The molecule has 1 amide bonds. The van der Waals surface area contributed by atoms with Crippen molar-refractivity contribution in [3.63, 3.8) is 0 Å². The Morgan fingerprint density at radius 1 is 1.10 bits per heavy atom. The van der Waals surface area contributed by atoms with E-state index in [1.807, 2.05) is 18.0 Å². The van der Waals surface area contributed by atoms with Gasteiger partial charge in [0, 0.05) is 61.7 Å². The minimum atomic E-state index is -0.376. The smallest absolute Gasteiger partial charge is 0.270 e. The minimum Gasteiger partial charge on any atom is -0.369 e. The van der Waals surface area contributed by atoms with Crippen molar-refractivity contribution in [3.05, 3.63) is 53.6 Å².